The van der Waals surface area contributed by atoms with Crippen molar-refractivity contribution in [3.63, 3.8) is 0 Å². The van der Waals surface area contributed by atoms with Crippen molar-refractivity contribution in [3.05, 3.63) is 35.4 Å². The number of amides is 2. The normalized spacial score (nSPS) is 14.2. The second-order valence-electron chi connectivity index (χ2n) is 2.64. The van der Waals surface area contributed by atoms with Gasteiger partial charge in [0.05, 0.1) is 0 Å². The van der Waals surface area contributed by atoms with Crippen LogP contribution in [0.15, 0.2) is 18.2 Å². The average molecular weight is 249 g/mol. The molecule has 0 saturated heterocycles. The smallest absolute Gasteiger partial charge is 0.228 e. The van der Waals surface area contributed by atoms with Gasteiger partial charge in [-0.3, -0.25) is 9.59 Å². The number of nitrogens with one attached hydrogen (secondary N) is 1. The van der Waals surface area contributed by atoms with Crippen molar-refractivity contribution >= 4 is 11.8 Å². The maximum absolute atomic E-state index is 11.1. The van der Waals surface area contributed by atoms with Gasteiger partial charge in [-0.1, -0.05) is 5.56 Å². The molecule has 1 N–H and O–H groups in total. The first-order valence-electron chi connectivity index (χ1n) is 3.60. The van der Waals surface area contributed by atoms with Gasteiger partial charge in [0, 0.05) is 39.1 Å². The van der Waals surface area contributed by atoms with Gasteiger partial charge in [0.1, 0.15) is 0 Å². The van der Waals surface area contributed by atoms with Crippen LogP contribution in [0.5, 0.6) is 0 Å². The van der Waals surface area contributed by atoms with E-state index in [-0.39, 0.29) is 50.9 Å². The zero-order valence-electron chi connectivity index (χ0n) is 6.83. The van der Waals surface area contributed by atoms with Crippen LogP contribution in [0, 0.1) is 6.07 Å². The molecule has 1 aliphatic heterocycles. The van der Waals surface area contributed by atoms with Gasteiger partial charge >= 0.3 is 0 Å². The minimum atomic E-state index is -0.321. The van der Waals surface area contributed by atoms with Crippen LogP contribution in [0.4, 0.5) is 0 Å². The molecular weight excluding hydrogens is 243 g/mol. The Labute approximate surface area is 101 Å². The third kappa shape index (κ3) is 2.03. The third-order valence-electron chi connectivity index (χ3n) is 1.80. The van der Waals surface area contributed by atoms with Crippen LogP contribution in [-0.4, -0.2) is 11.8 Å². The first-order chi connectivity index (χ1) is 5.77. The van der Waals surface area contributed by atoms with Crippen molar-refractivity contribution in [3.8, 4) is 0 Å². The van der Waals surface area contributed by atoms with Crippen molar-refractivity contribution in [1.82, 2.24) is 5.32 Å². The minimum absolute atomic E-state index is 0. The average Bonchev–Trinajstić information content (AvgIpc) is 2.04. The van der Waals surface area contributed by atoms with Gasteiger partial charge in [0.2, 0.25) is 11.8 Å². The standard InChI is InChI=1S/C9H6NO2.Y/c11-8-5-6-3-1-2-4-7(6)9(12)10-8;/h1,3-4H,5H2,(H,10,11,12);/q-1;. The predicted octanol–water partition coefficient (Wildman–Crippen LogP) is 0.297. The van der Waals surface area contributed by atoms with Crippen molar-refractivity contribution in [2.24, 2.45) is 0 Å². The molecule has 63 valence electrons. The Kier molecular flexibility index (Phi) is 3.34. The number of benzene rings is 1. The summed E-state index contributed by atoms with van der Waals surface area (Å²) in [5.74, 6) is -0.559. The van der Waals surface area contributed by atoms with Crippen molar-refractivity contribution in [1.29, 1.82) is 0 Å². The molecule has 0 unspecified atom stereocenters. The molecule has 2 rings (SSSR count). The topological polar surface area (TPSA) is 46.2 Å². The fourth-order valence-electron chi connectivity index (χ4n) is 1.24. The summed E-state index contributed by atoms with van der Waals surface area (Å²) in [6.07, 6.45) is 0.287. The number of rotatable bonds is 0. The molecule has 1 aliphatic rings. The number of fused-ring (bicyclic) bond motifs is 1. The molecule has 0 fully saturated rings. The summed E-state index contributed by atoms with van der Waals surface area (Å²) in [7, 11) is 0. The number of hydrogen-bond acceptors (Lipinski definition) is 2. The molecule has 13 heavy (non-hydrogen) atoms. The van der Waals surface area contributed by atoms with E-state index in [9.17, 15) is 9.59 Å². The largest absolute Gasteiger partial charge is 0.303 e. The molecule has 3 nitrogen and oxygen atoms in total. The van der Waals surface area contributed by atoms with Gasteiger partial charge in [-0.2, -0.15) is 24.3 Å². The second kappa shape index (κ2) is 4.12. The second-order valence-corrected chi connectivity index (χ2v) is 2.64. The van der Waals surface area contributed by atoms with Crippen molar-refractivity contribution in [2.45, 2.75) is 6.42 Å². The Morgan fingerprint density at radius 1 is 1.38 bits per heavy atom. The molecular formula is C9H6NO2Y-. The molecule has 0 spiro atoms. The minimum Gasteiger partial charge on any atom is -0.303 e. The van der Waals surface area contributed by atoms with Crippen molar-refractivity contribution < 1.29 is 42.3 Å². The van der Waals surface area contributed by atoms with Crippen LogP contribution < -0.4 is 5.32 Å². The maximum Gasteiger partial charge on any atom is 0.228 e. The number of imide groups is 1. The maximum atomic E-state index is 11.1. The summed E-state index contributed by atoms with van der Waals surface area (Å²) in [5, 5.41) is 2.24. The van der Waals surface area contributed by atoms with Crippen LogP contribution in [-0.2, 0) is 43.9 Å². The monoisotopic (exact) mass is 249 g/mol. The van der Waals surface area contributed by atoms with Crippen LogP contribution in [0.3, 0.4) is 0 Å². The molecule has 4 heteroatoms. The fraction of sp³-hybridized carbons (Fsp3) is 0.111. The summed E-state index contributed by atoms with van der Waals surface area (Å²) < 4.78 is 0. The van der Waals surface area contributed by atoms with Crippen molar-refractivity contribution in [2.75, 3.05) is 0 Å². The van der Waals surface area contributed by atoms with Crippen LogP contribution in [0.25, 0.3) is 0 Å². The molecule has 1 radical (unpaired) electrons. The molecule has 0 aliphatic carbocycles. The van der Waals surface area contributed by atoms with Gasteiger partial charge in [-0.05, 0) is 0 Å². The molecule has 1 aromatic rings. The molecule has 0 bridgehead atoms. The number of carbonyl (C=O) groups is 2. The van der Waals surface area contributed by atoms with Gasteiger partial charge < -0.3 is 5.32 Å². The van der Waals surface area contributed by atoms with E-state index in [0.29, 0.717) is 5.56 Å². The first kappa shape index (κ1) is 10.5. The van der Waals surface area contributed by atoms with E-state index >= 15 is 0 Å². The zero-order valence-corrected chi connectivity index (χ0v) is 9.67. The molecule has 1 heterocycles. The van der Waals surface area contributed by atoms with Crippen LogP contribution in [0.2, 0.25) is 0 Å². The quantitative estimate of drug-likeness (QED) is 0.531. The van der Waals surface area contributed by atoms with Crippen LogP contribution >= 0.6 is 0 Å². The summed E-state index contributed by atoms with van der Waals surface area (Å²) in [6, 6.07) is 7.83. The zero-order chi connectivity index (χ0) is 8.55. The molecule has 0 atom stereocenters. The van der Waals surface area contributed by atoms with Gasteiger partial charge in [0.15, 0.2) is 0 Å². The van der Waals surface area contributed by atoms with Gasteiger partial charge in [0.25, 0.3) is 0 Å². The Morgan fingerprint density at radius 3 is 2.92 bits per heavy atom. The number of hydrogen-bond donors (Lipinski definition) is 1. The predicted molar refractivity (Wildman–Crippen MR) is 41.5 cm³/mol. The van der Waals surface area contributed by atoms with E-state index in [4.69, 9.17) is 0 Å². The van der Waals surface area contributed by atoms with Gasteiger partial charge in [-0.15, -0.1) is 5.56 Å². The summed E-state index contributed by atoms with van der Waals surface area (Å²) in [6.45, 7) is 0. The van der Waals surface area contributed by atoms with E-state index in [1.165, 1.54) is 0 Å². The summed E-state index contributed by atoms with van der Waals surface area (Å²) in [5.41, 5.74) is 1.33. The van der Waals surface area contributed by atoms with E-state index < -0.39 is 0 Å². The Morgan fingerprint density at radius 2 is 2.15 bits per heavy atom. The van der Waals surface area contributed by atoms with E-state index in [1.54, 1.807) is 18.2 Å². The summed E-state index contributed by atoms with van der Waals surface area (Å²) >= 11 is 0. The Balaban J connectivity index is 0.000000845. The Bertz CT molecular complexity index is 362. The fourth-order valence-corrected chi connectivity index (χ4v) is 1.24. The van der Waals surface area contributed by atoms with E-state index in [1.807, 2.05) is 0 Å². The van der Waals surface area contributed by atoms with E-state index in [0.717, 1.165) is 5.56 Å². The van der Waals surface area contributed by atoms with E-state index in [2.05, 4.69) is 11.4 Å². The summed E-state index contributed by atoms with van der Waals surface area (Å²) in [4.78, 5) is 22.0. The molecule has 2 amide bonds. The SMILES string of the molecule is O=C1Cc2cc[c-]cc2C(=O)N1.[Y]. The van der Waals surface area contributed by atoms with Gasteiger partial charge in [-0.25, -0.2) is 0 Å². The third-order valence-corrected chi connectivity index (χ3v) is 1.80. The van der Waals surface area contributed by atoms with Crippen LogP contribution in [0.1, 0.15) is 15.9 Å². The first-order valence-corrected chi connectivity index (χ1v) is 3.60. The Hall–Kier alpha value is -0.536. The molecule has 1 aromatic carbocycles. The molecule has 0 aromatic heterocycles. The number of carbonyl (C=O) groups excluding carboxylic acids is 2. The molecule has 0 saturated carbocycles.